The Hall–Kier alpha value is -5.36. The fourth-order valence-corrected chi connectivity index (χ4v) is 6.81. The van der Waals surface area contributed by atoms with Crippen LogP contribution in [0.25, 0.3) is 33.1 Å². The van der Waals surface area contributed by atoms with Gasteiger partial charge in [-0.15, -0.1) is 0 Å². The summed E-state index contributed by atoms with van der Waals surface area (Å²) < 4.78 is 34.8. The van der Waals surface area contributed by atoms with E-state index in [1.807, 2.05) is 43.8 Å². The van der Waals surface area contributed by atoms with Crippen molar-refractivity contribution in [2.24, 2.45) is 7.05 Å². The Kier molecular flexibility index (Phi) is 8.85. The van der Waals surface area contributed by atoms with Crippen molar-refractivity contribution in [3.63, 3.8) is 0 Å². The molecule has 0 saturated carbocycles. The summed E-state index contributed by atoms with van der Waals surface area (Å²) in [4.78, 5) is 47.3. The van der Waals surface area contributed by atoms with E-state index in [9.17, 15) is 14.4 Å². The number of aromatic nitrogens is 3. The second-order valence-electron chi connectivity index (χ2n) is 13.6. The zero-order valence-corrected chi connectivity index (χ0v) is 29.5. The molecule has 1 aliphatic heterocycles. The van der Waals surface area contributed by atoms with Crippen LogP contribution in [0.4, 0.5) is 20.2 Å². The Balaban J connectivity index is 1.30. The highest BCUT2D eigenvalue weighted by Gasteiger charge is 2.29. The molecule has 1 aliphatic rings. The van der Waals surface area contributed by atoms with E-state index in [1.54, 1.807) is 34.1 Å². The number of halogens is 2. The minimum atomic E-state index is -1.07. The van der Waals surface area contributed by atoms with Gasteiger partial charge in [0.25, 0.3) is 0 Å². The number of carbonyl (C=O) groups is 3. The van der Waals surface area contributed by atoms with Gasteiger partial charge >= 0.3 is 0 Å². The number of amides is 2. The Morgan fingerprint density at radius 2 is 1.74 bits per heavy atom. The van der Waals surface area contributed by atoms with Gasteiger partial charge in [-0.05, 0) is 51.5 Å². The minimum absolute atomic E-state index is 0.146. The maximum absolute atomic E-state index is 15.3. The topological polar surface area (TPSA) is 104 Å². The molecule has 0 saturated heterocycles. The Bertz CT molecular complexity index is 2220. The number of nitrogens with zero attached hydrogens (tertiary/aromatic N) is 5. The van der Waals surface area contributed by atoms with E-state index in [0.717, 1.165) is 63.0 Å². The molecule has 0 fully saturated rings. The van der Waals surface area contributed by atoms with Gasteiger partial charge in [0.05, 0.1) is 22.3 Å². The number of anilines is 2. The van der Waals surface area contributed by atoms with Gasteiger partial charge in [-0.25, -0.2) is 13.8 Å². The summed E-state index contributed by atoms with van der Waals surface area (Å²) in [5.41, 5.74) is 5.47. The molecule has 12 heteroatoms. The number of aryl methyl sites for hydroxylation is 3. The number of carbonyl (C=O) groups excluding carboxylic acids is 3. The largest absolute Gasteiger partial charge is 0.370 e. The number of hydrogen-bond acceptors (Lipinski definition) is 6. The van der Waals surface area contributed by atoms with E-state index in [2.05, 4.69) is 33.1 Å². The molecule has 0 bridgehead atoms. The second kappa shape index (κ2) is 12.8. The third-order valence-corrected chi connectivity index (χ3v) is 9.47. The van der Waals surface area contributed by atoms with Crippen LogP contribution in [-0.2, 0) is 23.2 Å². The summed E-state index contributed by atoms with van der Waals surface area (Å²) in [6.07, 6.45) is 4.33. The van der Waals surface area contributed by atoms with Crippen molar-refractivity contribution in [2.45, 2.75) is 39.8 Å². The first-order valence-electron chi connectivity index (χ1n) is 16.4. The first-order valence-corrected chi connectivity index (χ1v) is 16.4. The van der Waals surface area contributed by atoms with Crippen LogP contribution >= 0.6 is 0 Å². The molecule has 3 aromatic carbocycles. The van der Waals surface area contributed by atoms with Crippen LogP contribution in [0.15, 0.2) is 54.7 Å². The molecule has 2 aromatic heterocycles. The molecule has 50 heavy (non-hydrogen) atoms. The van der Waals surface area contributed by atoms with Gasteiger partial charge in [0.2, 0.25) is 11.8 Å². The van der Waals surface area contributed by atoms with Crippen molar-refractivity contribution in [3.8, 4) is 11.1 Å². The van der Waals surface area contributed by atoms with Crippen LogP contribution in [-0.4, -0.2) is 76.4 Å². The van der Waals surface area contributed by atoms with Crippen molar-refractivity contribution >= 4 is 50.9 Å². The van der Waals surface area contributed by atoms with Crippen LogP contribution < -0.4 is 15.5 Å². The van der Waals surface area contributed by atoms with E-state index in [1.165, 1.54) is 11.0 Å². The number of benzene rings is 3. The summed E-state index contributed by atoms with van der Waals surface area (Å²) >= 11 is 0. The number of para-hydroxylation sites is 1. The summed E-state index contributed by atoms with van der Waals surface area (Å²) in [5, 5.41) is 5.92. The third kappa shape index (κ3) is 5.93. The van der Waals surface area contributed by atoms with Gasteiger partial charge in [0.1, 0.15) is 28.7 Å². The number of likely N-dealkylation sites (N-methyl/N-ethyl adjacent to an activating group) is 2. The van der Waals surface area contributed by atoms with E-state index in [0.29, 0.717) is 24.0 Å². The molecule has 2 N–H and O–H groups in total. The van der Waals surface area contributed by atoms with Crippen LogP contribution in [0.3, 0.4) is 0 Å². The molecule has 10 nitrogen and oxygen atoms in total. The first-order chi connectivity index (χ1) is 23.6. The monoisotopic (exact) mass is 681 g/mol. The Morgan fingerprint density at radius 3 is 2.42 bits per heavy atom. The van der Waals surface area contributed by atoms with Crippen molar-refractivity contribution in [3.05, 3.63) is 88.9 Å². The van der Waals surface area contributed by atoms with Gasteiger partial charge in [0.15, 0.2) is 5.78 Å². The highest BCUT2D eigenvalue weighted by atomic mass is 19.1. The molecule has 3 heterocycles. The first kappa shape index (κ1) is 34.5. The van der Waals surface area contributed by atoms with Gasteiger partial charge in [-0.1, -0.05) is 24.3 Å². The van der Waals surface area contributed by atoms with Crippen LogP contribution in [0.1, 0.15) is 41.2 Å². The van der Waals surface area contributed by atoms with Gasteiger partial charge < -0.3 is 29.6 Å². The van der Waals surface area contributed by atoms with Crippen molar-refractivity contribution in [1.29, 1.82) is 0 Å². The standard InChI is InChI=1S/C38H41F2N7O3/c1-21-17-29-33(42-22(2)46(29)8)35-31(21)25-12-9-11-24-26(20-47(34(24)25)16-15-45(35)7)36(49)23-18-27(39)32(28(40)19-23)43-30(48)13-10-14-41-38(3,4)37(50)44(5)6/h9-13,17-20,41H,14-16H2,1-8H3,(H,43,48)/b13-10+. The molecule has 0 unspecified atom stereocenters. The number of rotatable bonds is 8. The Morgan fingerprint density at radius 1 is 1.04 bits per heavy atom. The number of nitrogens with one attached hydrogen (secondary N) is 2. The van der Waals surface area contributed by atoms with Crippen molar-refractivity contribution in [2.75, 3.05) is 44.4 Å². The maximum Gasteiger partial charge on any atom is 0.248 e. The fourth-order valence-electron chi connectivity index (χ4n) is 6.81. The third-order valence-electron chi connectivity index (χ3n) is 9.47. The summed E-state index contributed by atoms with van der Waals surface area (Å²) in [6, 6.07) is 9.80. The molecular weight excluding hydrogens is 640 g/mol. The molecule has 0 atom stereocenters. The summed E-state index contributed by atoms with van der Waals surface area (Å²) in [6.45, 7) is 8.85. The zero-order chi connectivity index (χ0) is 36.2. The van der Waals surface area contributed by atoms with E-state index < -0.39 is 34.6 Å². The molecule has 0 spiro atoms. The number of hydrogen-bond donors (Lipinski definition) is 2. The lowest BCUT2D eigenvalue weighted by Crippen LogP contribution is -2.52. The average Bonchev–Trinajstić information content (AvgIpc) is 3.57. The normalized spacial score (nSPS) is 13.1. The predicted molar refractivity (Wildman–Crippen MR) is 193 cm³/mol. The van der Waals surface area contributed by atoms with Crippen molar-refractivity contribution in [1.82, 2.24) is 24.3 Å². The van der Waals surface area contributed by atoms with Gasteiger partial charge in [0, 0.05) is 87.7 Å². The number of fused-ring (bicyclic) bond motifs is 4. The van der Waals surface area contributed by atoms with Crippen LogP contribution in [0.2, 0.25) is 0 Å². The highest BCUT2D eigenvalue weighted by molar-refractivity contribution is 6.19. The summed E-state index contributed by atoms with van der Waals surface area (Å²) in [5.74, 6) is -2.69. The average molecular weight is 682 g/mol. The smallest absolute Gasteiger partial charge is 0.248 e. The van der Waals surface area contributed by atoms with Crippen molar-refractivity contribution < 1.29 is 23.2 Å². The lowest BCUT2D eigenvalue weighted by molar-refractivity contribution is -0.134. The van der Waals surface area contributed by atoms with Gasteiger partial charge in [-0.3, -0.25) is 14.4 Å². The molecule has 2 amide bonds. The molecule has 260 valence electrons. The zero-order valence-electron chi connectivity index (χ0n) is 29.5. The van der Waals surface area contributed by atoms with Crippen LogP contribution in [0.5, 0.6) is 0 Å². The number of ketones is 1. The molecule has 0 aliphatic carbocycles. The maximum atomic E-state index is 15.3. The summed E-state index contributed by atoms with van der Waals surface area (Å²) in [7, 11) is 7.33. The molecule has 6 rings (SSSR count). The minimum Gasteiger partial charge on any atom is -0.370 e. The quantitative estimate of drug-likeness (QED) is 0.160. The van der Waals surface area contributed by atoms with Crippen LogP contribution in [0, 0.1) is 25.5 Å². The SMILES string of the molecule is Cc1cc2c(nc(C)n2C)c2c1-c1cccc3c(C(=O)c4cc(F)c(NC(=O)/C=C/CNC(C)(C)C(=O)N(C)C)c(F)c4)cn(c13)CCN2C. The predicted octanol–water partition coefficient (Wildman–Crippen LogP) is 5.72. The molecule has 5 aromatic rings. The van der Waals surface area contributed by atoms with E-state index in [4.69, 9.17) is 4.98 Å². The lowest BCUT2D eigenvalue weighted by Gasteiger charge is -2.28. The Labute approximate surface area is 289 Å². The second-order valence-corrected chi connectivity index (χ2v) is 13.6. The lowest BCUT2D eigenvalue weighted by atomic mass is 9.93. The van der Waals surface area contributed by atoms with E-state index >= 15 is 8.78 Å². The highest BCUT2D eigenvalue weighted by Crippen LogP contribution is 2.44. The fraction of sp³-hybridized carbons (Fsp3) is 0.316. The van der Waals surface area contributed by atoms with Gasteiger partial charge in [-0.2, -0.15) is 0 Å². The number of imidazole rings is 1. The van der Waals surface area contributed by atoms with E-state index in [-0.39, 0.29) is 18.0 Å². The molecular formula is C38H41F2N7O3. The molecule has 0 radical (unpaired) electrons.